The highest BCUT2D eigenvalue weighted by atomic mass is 16.6. The lowest BCUT2D eigenvalue weighted by atomic mass is 10.0. The molecule has 1 atom stereocenters. The van der Waals surface area contributed by atoms with Gasteiger partial charge in [0.05, 0.1) is 0 Å². The third-order valence-electron chi connectivity index (χ3n) is 14.6. The molecule has 1 unspecified atom stereocenters. The fourth-order valence-corrected chi connectivity index (χ4v) is 9.48. The Morgan fingerprint density at radius 3 is 0.783 bits per heavy atom. The first kappa shape index (κ1) is 78.5. The Bertz CT molecular complexity index is 1750. The normalized spacial score (nSPS) is 13.0. The zero-order valence-corrected chi connectivity index (χ0v) is 54.2. The van der Waals surface area contributed by atoms with E-state index in [-0.39, 0.29) is 37.5 Å². The third kappa shape index (κ3) is 68.2. The zero-order chi connectivity index (χ0) is 59.9. The maximum Gasteiger partial charge on any atom is 0.306 e. The lowest BCUT2D eigenvalue weighted by molar-refractivity contribution is -0.167. The van der Waals surface area contributed by atoms with Crippen LogP contribution in [0.1, 0.15) is 316 Å². The van der Waals surface area contributed by atoms with Gasteiger partial charge in [-0.2, -0.15) is 0 Å². The number of unbranched alkanes of at least 4 members (excludes halogenated alkanes) is 29. The van der Waals surface area contributed by atoms with Crippen molar-refractivity contribution in [2.24, 2.45) is 0 Å². The monoisotopic (exact) mass is 1150 g/mol. The molecule has 0 radical (unpaired) electrons. The van der Waals surface area contributed by atoms with E-state index in [2.05, 4.69) is 154 Å². The van der Waals surface area contributed by atoms with Crippen LogP contribution in [-0.2, 0) is 28.6 Å². The van der Waals surface area contributed by atoms with Gasteiger partial charge in [0.25, 0.3) is 0 Å². The molecule has 6 heteroatoms. The van der Waals surface area contributed by atoms with Crippen LogP contribution in [0.3, 0.4) is 0 Å². The lowest BCUT2D eigenvalue weighted by Crippen LogP contribution is -2.30. The molecule has 83 heavy (non-hydrogen) atoms. The minimum atomic E-state index is -0.807. The van der Waals surface area contributed by atoms with Gasteiger partial charge in [0, 0.05) is 19.3 Å². The van der Waals surface area contributed by atoms with Crippen LogP contribution in [0.4, 0.5) is 0 Å². The van der Waals surface area contributed by atoms with Gasteiger partial charge in [0.1, 0.15) is 13.2 Å². The van der Waals surface area contributed by atoms with Gasteiger partial charge in [-0.05, 0) is 116 Å². The second kappa shape index (κ2) is 70.0. The van der Waals surface area contributed by atoms with E-state index in [1.807, 2.05) is 0 Å². The zero-order valence-electron chi connectivity index (χ0n) is 54.2. The van der Waals surface area contributed by atoms with Gasteiger partial charge < -0.3 is 14.2 Å². The summed E-state index contributed by atoms with van der Waals surface area (Å²) in [6.45, 7) is 6.49. The molecule has 0 aromatic heterocycles. The van der Waals surface area contributed by atoms with E-state index in [4.69, 9.17) is 14.2 Å². The van der Waals surface area contributed by atoms with Gasteiger partial charge in [-0.15, -0.1) is 0 Å². The van der Waals surface area contributed by atoms with E-state index in [9.17, 15) is 14.4 Å². The van der Waals surface area contributed by atoms with Gasteiger partial charge >= 0.3 is 17.9 Å². The van der Waals surface area contributed by atoms with Crippen molar-refractivity contribution in [2.75, 3.05) is 13.2 Å². The summed E-state index contributed by atoms with van der Waals surface area (Å²) in [6.07, 6.45) is 99.0. The van der Waals surface area contributed by atoms with Crippen LogP contribution >= 0.6 is 0 Å². The van der Waals surface area contributed by atoms with Crippen LogP contribution in [0, 0.1) is 0 Å². The van der Waals surface area contributed by atoms with Gasteiger partial charge in [-0.25, -0.2) is 0 Å². The fraction of sp³-hybridized carbons (Fsp3) is 0.675. The highest BCUT2D eigenvalue weighted by Crippen LogP contribution is 2.16. The SMILES string of the molecule is CC/C=C\C/C=C\C/C=C\C/C=C\C/C=C\C/C=C\C/C=C\C/C=C\C/C=C\CCCC(=O)OCC(COC(=O)CCCCCCCCCCCCCCC)OC(=O)CCCCCCCCCCCCC/C=C\C/C=C\CCCCCCC. The second-order valence-corrected chi connectivity index (χ2v) is 22.7. The topological polar surface area (TPSA) is 78.9 Å². The lowest BCUT2D eigenvalue weighted by Gasteiger charge is -2.18. The molecule has 0 rings (SSSR count). The third-order valence-corrected chi connectivity index (χ3v) is 14.6. The standard InChI is InChI=1S/C77H128O6/c1-4-7-10-13-16-19-22-25-27-29-31-33-35-36-37-38-39-40-42-43-45-47-49-52-55-58-61-64-67-70-76(79)82-73-74(72-81-75(78)69-66-63-60-57-54-51-24-21-18-15-12-9-6-3)83-77(80)71-68-65-62-59-56-53-50-48-46-44-41-34-32-30-28-26-23-20-17-14-11-8-5-2/h7,10,16,19,23,25-27,30-33,36-37,39-40,43,45,49,52,58,61,74H,4-6,8-9,11-15,17-18,20-22,24,28-29,34-35,38,41-42,44,46-48,50-51,53-57,59-60,62-73H2,1-3H3/b10-7-,19-16-,26-23-,27-25-,32-30-,33-31-,37-36-,40-39-,45-43-,52-49-,61-58-. The molecule has 0 bridgehead atoms. The Morgan fingerprint density at radius 1 is 0.253 bits per heavy atom. The molecule has 0 heterocycles. The first-order chi connectivity index (χ1) is 41.0. The van der Waals surface area contributed by atoms with Crippen molar-refractivity contribution in [1.29, 1.82) is 0 Å². The molecule has 0 fully saturated rings. The predicted octanol–water partition coefficient (Wildman–Crippen LogP) is 24.1. The van der Waals surface area contributed by atoms with Crippen molar-refractivity contribution in [3.8, 4) is 0 Å². The van der Waals surface area contributed by atoms with E-state index in [1.54, 1.807) is 0 Å². The number of esters is 3. The van der Waals surface area contributed by atoms with E-state index in [1.165, 1.54) is 161 Å². The molecule has 0 aromatic rings. The molecule has 0 amide bonds. The summed E-state index contributed by atoms with van der Waals surface area (Å²) in [7, 11) is 0. The van der Waals surface area contributed by atoms with Crippen molar-refractivity contribution in [3.63, 3.8) is 0 Å². The maximum absolute atomic E-state index is 12.9. The Kier molecular flexibility index (Phi) is 66.3. The molecule has 0 aromatic carbocycles. The highest BCUT2D eigenvalue weighted by Gasteiger charge is 2.19. The van der Waals surface area contributed by atoms with Crippen LogP contribution in [0.15, 0.2) is 134 Å². The first-order valence-electron chi connectivity index (χ1n) is 34.7. The molecule has 0 saturated carbocycles. The molecule has 0 aliphatic carbocycles. The van der Waals surface area contributed by atoms with Crippen LogP contribution in [0.2, 0.25) is 0 Å². The predicted molar refractivity (Wildman–Crippen MR) is 362 cm³/mol. The number of carbonyl (C=O) groups excluding carboxylic acids is 3. The Morgan fingerprint density at radius 2 is 0.482 bits per heavy atom. The number of ether oxygens (including phenoxy) is 3. The van der Waals surface area contributed by atoms with Crippen molar-refractivity contribution in [1.82, 2.24) is 0 Å². The summed E-state index contributed by atoms with van der Waals surface area (Å²) in [6, 6.07) is 0. The summed E-state index contributed by atoms with van der Waals surface area (Å²) in [4.78, 5) is 38.4. The van der Waals surface area contributed by atoms with Gasteiger partial charge in [-0.3, -0.25) is 14.4 Å². The minimum Gasteiger partial charge on any atom is -0.462 e. The largest absolute Gasteiger partial charge is 0.462 e. The van der Waals surface area contributed by atoms with Crippen LogP contribution in [0.25, 0.3) is 0 Å². The number of hydrogen-bond acceptors (Lipinski definition) is 6. The Hall–Kier alpha value is -4.45. The summed E-state index contributed by atoms with van der Waals surface area (Å²) in [5.41, 5.74) is 0. The Labute approximate surface area is 513 Å². The summed E-state index contributed by atoms with van der Waals surface area (Å²) < 4.78 is 16.9. The molecule has 0 spiro atoms. The number of carbonyl (C=O) groups is 3. The van der Waals surface area contributed by atoms with E-state index in [0.29, 0.717) is 19.3 Å². The molecule has 472 valence electrons. The van der Waals surface area contributed by atoms with Crippen LogP contribution in [0.5, 0.6) is 0 Å². The van der Waals surface area contributed by atoms with Crippen molar-refractivity contribution < 1.29 is 28.6 Å². The first-order valence-corrected chi connectivity index (χ1v) is 34.7. The maximum atomic E-state index is 12.9. The van der Waals surface area contributed by atoms with E-state index >= 15 is 0 Å². The van der Waals surface area contributed by atoms with Gasteiger partial charge in [0.15, 0.2) is 6.10 Å². The van der Waals surface area contributed by atoms with Crippen molar-refractivity contribution >= 4 is 17.9 Å². The molecule has 6 nitrogen and oxygen atoms in total. The summed E-state index contributed by atoms with van der Waals surface area (Å²) in [5.74, 6) is -0.954. The average Bonchev–Trinajstić information content (AvgIpc) is 3.49. The molecule has 0 N–H and O–H groups in total. The highest BCUT2D eigenvalue weighted by molar-refractivity contribution is 5.71. The van der Waals surface area contributed by atoms with Gasteiger partial charge in [-0.1, -0.05) is 315 Å². The van der Waals surface area contributed by atoms with Gasteiger partial charge in [0.2, 0.25) is 0 Å². The quantitative estimate of drug-likeness (QED) is 0.0261. The Balaban J connectivity index is 4.42. The number of hydrogen-bond donors (Lipinski definition) is 0. The number of rotatable bonds is 62. The van der Waals surface area contributed by atoms with Crippen LogP contribution < -0.4 is 0 Å². The number of allylic oxidation sites excluding steroid dienone is 22. The molecular formula is C77H128O6. The minimum absolute atomic E-state index is 0.0971. The molecule has 0 aliphatic heterocycles. The van der Waals surface area contributed by atoms with E-state index < -0.39 is 6.10 Å². The fourth-order valence-electron chi connectivity index (χ4n) is 9.48. The van der Waals surface area contributed by atoms with Crippen LogP contribution in [-0.4, -0.2) is 37.2 Å². The summed E-state index contributed by atoms with van der Waals surface area (Å²) in [5, 5.41) is 0. The molecule has 0 saturated heterocycles. The summed E-state index contributed by atoms with van der Waals surface area (Å²) >= 11 is 0. The molecular weight excluding hydrogens is 1020 g/mol. The molecule has 0 aliphatic rings. The van der Waals surface area contributed by atoms with E-state index in [0.717, 1.165) is 109 Å². The average molecular weight is 1150 g/mol. The van der Waals surface area contributed by atoms with Crippen molar-refractivity contribution in [2.45, 2.75) is 322 Å². The second-order valence-electron chi connectivity index (χ2n) is 22.7. The smallest absolute Gasteiger partial charge is 0.306 e. The van der Waals surface area contributed by atoms with Crippen molar-refractivity contribution in [3.05, 3.63) is 134 Å².